The normalized spacial score (nSPS) is 18.6. The Morgan fingerprint density at radius 2 is 2.00 bits per heavy atom. The van der Waals surface area contributed by atoms with Crippen LogP contribution in [0, 0.1) is 6.92 Å². The summed E-state index contributed by atoms with van der Waals surface area (Å²) < 4.78 is 29.3. The molecule has 1 saturated heterocycles. The maximum Gasteiger partial charge on any atom is 0.349 e. The Balaban J connectivity index is 1.89. The van der Waals surface area contributed by atoms with Gasteiger partial charge in [-0.3, -0.25) is 4.57 Å². The van der Waals surface area contributed by atoms with Crippen molar-refractivity contribution in [3.05, 3.63) is 51.0 Å². The third-order valence-corrected chi connectivity index (χ3v) is 6.91. The van der Waals surface area contributed by atoms with Crippen LogP contribution in [0.1, 0.15) is 18.4 Å². The number of rotatable bonds is 4. The van der Waals surface area contributed by atoms with Crippen molar-refractivity contribution in [2.24, 2.45) is 0 Å². The van der Waals surface area contributed by atoms with Crippen LogP contribution in [-0.2, 0) is 16.6 Å². The van der Waals surface area contributed by atoms with Crippen molar-refractivity contribution >= 4 is 31.8 Å². The van der Waals surface area contributed by atoms with E-state index in [0.717, 1.165) is 12.0 Å². The molecule has 1 atom stereocenters. The molecule has 2 aromatic rings. The summed E-state index contributed by atoms with van der Waals surface area (Å²) in [6.07, 6.45) is 3.01. The molecular formula is C16H19BrN4O3S. The molecule has 25 heavy (non-hydrogen) atoms. The summed E-state index contributed by atoms with van der Waals surface area (Å²) in [5.74, 6) is 0.122. The lowest BCUT2D eigenvalue weighted by Crippen LogP contribution is -2.40. The van der Waals surface area contributed by atoms with Crippen LogP contribution >= 0.6 is 15.9 Å². The summed E-state index contributed by atoms with van der Waals surface area (Å²) in [6.45, 7) is 2.60. The fraction of sp³-hybridized carbons (Fsp3) is 0.375. The lowest BCUT2D eigenvalue weighted by molar-refractivity contribution is 0.347. The van der Waals surface area contributed by atoms with E-state index in [1.807, 2.05) is 6.92 Å². The van der Waals surface area contributed by atoms with E-state index < -0.39 is 15.7 Å². The zero-order valence-electron chi connectivity index (χ0n) is 13.7. The second kappa shape index (κ2) is 6.89. The number of nitrogens with two attached hydrogens (primary N) is 1. The van der Waals surface area contributed by atoms with Crippen LogP contribution < -0.4 is 11.4 Å². The van der Waals surface area contributed by atoms with Gasteiger partial charge in [0.05, 0.1) is 9.37 Å². The highest BCUT2D eigenvalue weighted by Gasteiger charge is 2.35. The van der Waals surface area contributed by atoms with Crippen molar-refractivity contribution in [3.8, 4) is 0 Å². The van der Waals surface area contributed by atoms with Gasteiger partial charge < -0.3 is 5.73 Å². The molecule has 0 spiro atoms. The van der Waals surface area contributed by atoms with Gasteiger partial charge in [0.2, 0.25) is 10.0 Å². The standard InChI is InChI=1S/C16H19BrN4O3S/c1-11-4-6-13(7-5-11)25(23,24)21-8-2-3-12(21)9-20-10-14(17)15(18)19-16(20)22/h4-7,10,12H,2-3,8-9H2,1H3,(H2,18,19,22)/t12-/m1/s1. The highest BCUT2D eigenvalue weighted by atomic mass is 79.9. The Kier molecular flexibility index (Phi) is 4.99. The number of sulfonamides is 1. The van der Waals surface area contributed by atoms with Crippen molar-refractivity contribution in [3.63, 3.8) is 0 Å². The van der Waals surface area contributed by atoms with Crippen molar-refractivity contribution in [2.45, 2.75) is 37.2 Å². The highest BCUT2D eigenvalue weighted by molar-refractivity contribution is 9.10. The van der Waals surface area contributed by atoms with E-state index in [1.165, 1.54) is 8.87 Å². The van der Waals surface area contributed by atoms with Crippen molar-refractivity contribution in [1.29, 1.82) is 0 Å². The van der Waals surface area contributed by atoms with Crippen LogP contribution in [0.25, 0.3) is 0 Å². The molecule has 9 heteroatoms. The number of nitrogens with zero attached hydrogens (tertiary/aromatic N) is 3. The molecule has 1 fully saturated rings. The molecule has 2 heterocycles. The molecule has 7 nitrogen and oxygen atoms in total. The van der Waals surface area contributed by atoms with Gasteiger partial charge in [-0.1, -0.05) is 17.7 Å². The minimum absolute atomic E-state index is 0.122. The molecule has 0 bridgehead atoms. The molecule has 3 rings (SSSR count). The van der Waals surface area contributed by atoms with Gasteiger partial charge in [0, 0.05) is 25.3 Å². The number of aryl methyl sites for hydroxylation is 1. The number of benzene rings is 1. The molecule has 1 aromatic heterocycles. The summed E-state index contributed by atoms with van der Waals surface area (Å²) in [5.41, 5.74) is 6.12. The topological polar surface area (TPSA) is 98.3 Å². The fourth-order valence-electron chi connectivity index (χ4n) is 2.99. The molecule has 0 aliphatic carbocycles. The van der Waals surface area contributed by atoms with E-state index in [9.17, 15) is 13.2 Å². The van der Waals surface area contributed by atoms with Crippen molar-refractivity contribution in [2.75, 3.05) is 12.3 Å². The third kappa shape index (κ3) is 3.63. The molecule has 1 aliphatic rings. The van der Waals surface area contributed by atoms with E-state index in [4.69, 9.17) is 5.73 Å². The van der Waals surface area contributed by atoms with Crippen molar-refractivity contribution < 1.29 is 8.42 Å². The summed E-state index contributed by atoms with van der Waals surface area (Å²) >= 11 is 3.25. The monoisotopic (exact) mass is 426 g/mol. The Bertz CT molecular complexity index is 941. The van der Waals surface area contributed by atoms with Gasteiger partial charge in [0.1, 0.15) is 5.82 Å². The summed E-state index contributed by atoms with van der Waals surface area (Å²) in [6, 6.07) is 6.51. The van der Waals surface area contributed by atoms with Crippen LogP contribution in [0.4, 0.5) is 5.82 Å². The first-order valence-electron chi connectivity index (χ1n) is 7.90. The van der Waals surface area contributed by atoms with Gasteiger partial charge in [-0.15, -0.1) is 0 Å². The molecule has 1 aliphatic heterocycles. The van der Waals surface area contributed by atoms with Gasteiger partial charge >= 0.3 is 5.69 Å². The Hall–Kier alpha value is -1.71. The number of hydrogen-bond donors (Lipinski definition) is 1. The largest absolute Gasteiger partial charge is 0.383 e. The molecule has 0 amide bonds. The SMILES string of the molecule is Cc1ccc(S(=O)(=O)N2CCC[C@@H]2Cn2cc(Br)c(N)nc2=O)cc1. The first-order valence-corrected chi connectivity index (χ1v) is 10.1. The average Bonchev–Trinajstić information content (AvgIpc) is 3.02. The molecule has 0 unspecified atom stereocenters. The molecule has 134 valence electrons. The van der Waals surface area contributed by atoms with Gasteiger partial charge in [-0.2, -0.15) is 9.29 Å². The van der Waals surface area contributed by atoms with E-state index >= 15 is 0 Å². The average molecular weight is 427 g/mol. The maximum atomic E-state index is 12.9. The molecule has 0 radical (unpaired) electrons. The Labute approximate surface area is 154 Å². The number of aromatic nitrogens is 2. The lowest BCUT2D eigenvalue weighted by Gasteiger charge is -2.24. The zero-order chi connectivity index (χ0) is 18.2. The van der Waals surface area contributed by atoms with Crippen LogP contribution in [0.5, 0.6) is 0 Å². The Morgan fingerprint density at radius 1 is 1.32 bits per heavy atom. The minimum atomic E-state index is -3.59. The summed E-state index contributed by atoms with van der Waals surface area (Å²) in [5, 5.41) is 0. The predicted octanol–water partition coefficient (Wildman–Crippen LogP) is 1.75. The van der Waals surface area contributed by atoms with E-state index in [0.29, 0.717) is 17.4 Å². The molecule has 2 N–H and O–H groups in total. The molecule has 0 saturated carbocycles. The quantitative estimate of drug-likeness (QED) is 0.802. The van der Waals surface area contributed by atoms with E-state index in [-0.39, 0.29) is 23.3 Å². The first-order chi connectivity index (χ1) is 11.8. The van der Waals surface area contributed by atoms with Crippen LogP contribution in [-0.4, -0.2) is 34.9 Å². The Morgan fingerprint density at radius 3 is 2.68 bits per heavy atom. The van der Waals surface area contributed by atoms with Crippen LogP contribution in [0.3, 0.4) is 0 Å². The van der Waals surface area contributed by atoms with Gasteiger partial charge in [0.15, 0.2) is 0 Å². The van der Waals surface area contributed by atoms with Crippen molar-refractivity contribution in [1.82, 2.24) is 13.9 Å². The predicted molar refractivity (Wildman–Crippen MR) is 98.7 cm³/mol. The number of anilines is 1. The molecular weight excluding hydrogens is 408 g/mol. The number of halogens is 1. The number of nitrogen functional groups attached to an aromatic ring is 1. The number of hydrogen-bond acceptors (Lipinski definition) is 5. The van der Waals surface area contributed by atoms with E-state index in [2.05, 4.69) is 20.9 Å². The van der Waals surface area contributed by atoms with Gasteiger partial charge in [0.25, 0.3) is 0 Å². The first kappa shape index (κ1) is 18.1. The zero-order valence-corrected chi connectivity index (χ0v) is 16.1. The smallest absolute Gasteiger partial charge is 0.349 e. The second-order valence-electron chi connectivity index (χ2n) is 6.13. The molecule has 1 aromatic carbocycles. The van der Waals surface area contributed by atoms with Crippen LogP contribution in [0.15, 0.2) is 44.6 Å². The highest BCUT2D eigenvalue weighted by Crippen LogP contribution is 2.27. The van der Waals surface area contributed by atoms with Gasteiger partial charge in [-0.25, -0.2) is 13.2 Å². The van der Waals surface area contributed by atoms with Crippen LogP contribution in [0.2, 0.25) is 0 Å². The lowest BCUT2D eigenvalue weighted by atomic mass is 10.2. The minimum Gasteiger partial charge on any atom is -0.383 e. The fourth-order valence-corrected chi connectivity index (χ4v) is 5.01. The summed E-state index contributed by atoms with van der Waals surface area (Å²) in [7, 11) is -3.59. The third-order valence-electron chi connectivity index (χ3n) is 4.33. The maximum absolute atomic E-state index is 12.9. The summed E-state index contributed by atoms with van der Waals surface area (Å²) in [4.78, 5) is 16.0. The second-order valence-corrected chi connectivity index (χ2v) is 8.88. The van der Waals surface area contributed by atoms with E-state index in [1.54, 1.807) is 30.5 Å². The van der Waals surface area contributed by atoms with Gasteiger partial charge in [-0.05, 0) is 47.8 Å².